The molecule has 16 heavy (non-hydrogen) atoms. The number of nitrogens with one attached hydrogen (secondary N) is 1. The van der Waals surface area contributed by atoms with Crippen molar-refractivity contribution in [2.45, 2.75) is 59.9 Å². The molecule has 96 valence electrons. The van der Waals surface area contributed by atoms with Crippen molar-refractivity contribution in [3.8, 4) is 0 Å². The van der Waals surface area contributed by atoms with Gasteiger partial charge in [-0.3, -0.25) is 4.79 Å². The lowest BCUT2D eigenvalue weighted by Gasteiger charge is -2.23. The number of hydrogen-bond donors (Lipinski definition) is 2. The number of rotatable bonds is 6. The number of amides is 1. The number of aliphatic hydroxyl groups excluding tert-OH is 1. The molecule has 0 aromatic rings. The van der Waals surface area contributed by atoms with Crippen LogP contribution < -0.4 is 5.32 Å². The lowest BCUT2D eigenvalue weighted by atomic mass is 9.84. The molecule has 2 N–H and O–H groups in total. The van der Waals surface area contributed by atoms with Gasteiger partial charge >= 0.3 is 0 Å². The first-order chi connectivity index (χ1) is 7.28. The largest absolute Gasteiger partial charge is 0.394 e. The minimum Gasteiger partial charge on any atom is -0.394 e. The third-order valence-electron chi connectivity index (χ3n) is 2.57. The Labute approximate surface area is 99.6 Å². The molecular weight excluding hydrogens is 202 g/mol. The fraction of sp³-hybridized carbons (Fsp3) is 0.923. The SMILES string of the molecule is CCC(CO)NC(=O)CC(C)CC(C)(C)C. The van der Waals surface area contributed by atoms with Crippen molar-refractivity contribution < 1.29 is 9.90 Å². The molecule has 0 rings (SSSR count). The zero-order chi connectivity index (χ0) is 12.8. The zero-order valence-corrected chi connectivity index (χ0v) is 11.3. The molecule has 2 atom stereocenters. The van der Waals surface area contributed by atoms with E-state index in [2.05, 4.69) is 33.0 Å². The van der Waals surface area contributed by atoms with E-state index in [-0.39, 0.29) is 24.0 Å². The minimum atomic E-state index is -0.0886. The zero-order valence-electron chi connectivity index (χ0n) is 11.3. The molecule has 1 amide bonds. The summed E-state index contributed by atoms with van der Waals surface area (Å²) >= 11 is 0. The van der Waals surface area contributed by atoms with Gasteiger partial charge in [-0.05, 0) is 24.2 Å². The van der Waals surface area contributed by atoms with Crippen LogP contribution in [0.3, 0.4) is 0 Å². The molecule has 3 nitrogen and oxygen atoms in total. The first kappa shape index (κ1) is 15.4. The smallest absolute Gasteiger partial charge is 0.220 e. The summed E-state index contributed by atoms with van der Waals surface area (Å²) in [7, 11) is 0. The second kappa shape index (κ2) is 6.89. The minimum absolute atomic E-state index is 0.0237. The third-order valence-corrected chi connectivity index (χ3v) is 2.57. The number of aliphatic hydroxyl groups is 1. The predicted octanol–water partition coefficient (Wildman–Crippen LogP) is 2.34. The fourth-order valence-electron chi connectivity index (χ4n) is 2.00. The first-order valence-electron chi connectivity index (χ1n) is 6.18. The van der Waals surface area contributed by atoms with Crippen LogP contribution in [0.15, 0.2) is 0 Å². The fourth-order valence-corrected chi connectivity index (χ4v) is 2.00. The Bertz CT molecular complexity index is 204. The van der Waals surface area contributed by atoms with Gasteiger partial charge in [-0.1, -0.05) is 34.6 Å². The average molecular weight is 229 g/mol. The van der Waals surface area contributed by atoms with Crippen molar-refractivity contribution >= 4 is 5.91 Å². The van der Waals surface area contributed by atoms with Gasteiger partial charge in [0.1, 0.15) is 0 Å². The topological polar surface area (TPSA) is 49.3 Å². The van der Waals surface area contributed by atoms with Crippen molar-refractivity contribution in [2.24, 2.45) is 11.3 Å². The van der Waals surface area contributed by atoms with Crippen LogP contribution in [0, 0.1) is 11.3 Å². The highest BCUT2D eigenvalue weighted by Gasteiger charge is 2.18. The van der Waals surface area contributed by atoms with Crippen LogP contribution in [-0.2, 0) is 4.79 Å². The Morgan fingerprint density at radius 3 is 2.31 bits per heavy atom. The molecule has 0 spiro atoms. The van der Waals surface area contributed by atoms with E-state index in [0.29, 0.717) is 12.3 Å². The molecular formula is C13H27NO2. The number of hydrogen-bond acceptors (Lipinski definition) is 2. The normalized spacial score (nSPS) is 15.6. The highest BCUT2D eigenvalue weighted by Crippen LogP contribution is 2.25. The van der Waals surface area contributed by atoms with Crippen LogP contribution >= 0.6 is 0 Å². The van der Waals surface area contributed by atoms with Crippen LogP contribution in [0.1, 0.15) is 53.9 Å². The number of carbonyl (C=O) groups is 1. The van der Waals surface area contributed by atoms with E-state index in [4.69, 9.17) is 5.11 Å². The summed E-state index contributed by atoms with van der Waals surface area (Å²) in [6, 6.07) is -0.0886. The maximum Gasteiger partial charge on any atom is 0.220 e. The van der Waals surface area contributed by atoms with Crippen LogP contribution in [-0.4, -0.2) is 23.7 Å². The third kappa shape index (κ3) is 7.69. The molecule has 0 heterocycles. The first-order valence-corrected chi connectivity index (χ1v) is 6.18. The molecule has 0 aliphatic carbocycles. The second-order valence-electron chi connectivity index (χ2n) is 5.93. The van der Waals surface area contributed by atoms with Crippen molar-refractivity contribution in [1.29, 1.82) is 0 Å². The summed E-state index contributed by atoms with van der Waals surface area (Å²) in [5.74, 6) is 0.439. The lowest BCUT2D eigenvalue weighted by Crippen LogP contribution is -2.37. The van der Waals surface area contributed by atoms with Gasteiger partial charge in [0.25, 0.3) is 0 Å². The van der Waals surface area contributed by atoms with Gasteiger partial charge in [0.15, 0.2) is 0 Å². The van der Waals surface area contributed by atoms with E-state index < -0.39 is 0 Å². The highest BCUT2D eigenvalue weighted by atomic mass is 16.3. The van der Waals surface area contributed by atoms with Crippen LogP contribution in [0.4, 0.5) is 0 Å². The maximum absolute atomic E-state index is 11.6. The second-order valence-corrected chi connectivity index (χ2v) is 5.93. The van der Waals surface area contributed by atoms with E-state index in [1.807, 2.05) is 6.92 Å². The molecule has 0 aliphatic rings. The maximum atomic E-state index is 11.6. The van der Waals surface area contributed by atoms with E-state index in [1.54, 1.807) is 0 Å². The van der Waals surface area contributed by atoms with Gasteiger partial charge in [-0.15, -0.1) is 0 Å². The summed E-state index contributed by atoms with van der Waals surface area (Å²) < 4.78 is 0. The Morgan fingerprint density at radius 2 is 1.94 bits per heavy atom. The van der Waals surface area contributed by atoms with Gasteiger partial charge in [0, 0.05) is 6.42 Å². The van der Waals surface area contributed by atoms with Crippen molar-refractivity contribution in [3.05, 3.63) is 0 Å². The van der Waals surface area contributed by atoms with E-state index >= 15 is 0 Å². The molecule has 0 aliphatic heterocycles. The van der Waals surface area contributed by atoms with Gasteiger partial charge < -0.3 is 10.4 Å². The molecule has 3 heteroatoms. The molecule has 0 aromatic heterocycles. The highest BCUT2D eigenvalue weighted by molar-refractivity contribution is 5.76. The van der Waals surface area contributed by atoms with E-state index in [9.17, 15) is 4.79 Å². The molecule has 0 aromatic carbocycles. The molecule has 0 bridgehead atoms. The Balaban J connectivity index is 3.95. The van der Waals surface area contributed by atoms with Crippen molar-refractivity contribution in [3.63, 3.8) is 0 Å². The van der Waals surface area contributed by atoms with Crippen molar-refractivity contribution in [1.82, 2.24) is 5.32 Å². The Hall–Kier alpha value is -0.570. The quantitative estimate of drug-likeness (QED) is 0.734. The Morgan fingerprint density at radius 1 is 1.38 bits per heavy atom. The van der Waals surface area contributed by atoms with E-state index in [0.717, 1.165) is 12.8 Å². The monoisotopic (exact) mass is 229 g/mol. The van der Waals surface area contributed by atoms with Crippen molar-refractivity contribution in [2.75, 3.05) is 6.61 Å². The van der Waals surface area contributed by atoms with Crippen LogP contribution in [0.5, 0.6) is 0 Å². The average Bonchev–Trinajstić information content (AvgIpc) is 2.10. The molecule has 0 saturated heterocycles. The van der Waals surface area contributed by atoms with Gasteiger partial charge in [0.2, 0.25) is 5.91 Å². The standard InChI is InChI=1S/C13H27NO2/c1-6-11(9-15)14-12(16)7-10(2)8-13(3,4)5/h10-11,15H,6-9H2,1-5H3,(H,14,16). The molecule has 0 saturated carbocycles. The summed E-state index contributed by atoms with van der Waals surface area (Å²) in [5, 5.41) is 11.8. The number of carbonyl (C=O) groups excluding carboxylic acids is 1. The summed E-state index contributed by atoms with van der Waals surface area (Å²) in [6.07, 6.45) is 2.36. The summed E-state index contributed by atoms with van der Waals surface area (Å²) in [4.78, 5) is 11.6. The van der Waals surface area contributed by atoms with E-state index in [1.165, 1.54) is 0 Å². The van der Waals surface area contributed by atoms with Crippen LogP contribution in [0.25, 0.3) is 0 Å². The van der Waals surface area contributed by atoms with Gasteiger partial charge in [-0.2, -0.15) is 0 Å². The summed E-state index contributed by atoms with van der Waals surface area (Å²) in [6.45, 7) is 10.6. The lowest BCUT2D eigenvalue weighted by molar-refractivity contribution is -0.123. The van der Waals surface area contributed by atoms with Crippen LogP contribution in [0.2, 0.25) is 0 Å². The van der Waals surface area contributed by atoms with Gasteiger partial charge in [-0.25, -0.2) is 0 Å². The van der Waals surface area contributed by atoms with Gasteiger partial charge in [0.05, 0.1) is 12.6 Å². The molecule has 0 radical (unpaired) electrons. The predicted molar refractivity (Wildman–Crippen MR) is 67.2 cm³/mol. The molecule has 0 fully saturated rings. The summed E-state index contributed by atoms with van der Waals surface area (Å²) in [5.41, 5.74) is 0.265. The molecule has 2 unspecified atom stereocenters. The Kier molecular flexibility index (Phi) is 6.65.